The lowest BCUT2D eigenvalue weighted by Crippen LogP contribution is -1.98. The van der Waals surface area contributed by atoms with Crippen LogP contribution < -0.4 is 0 Å². The van der Waals surface area contributed by atoms with Gasteiger partial charge in [0.1, 0.15) is 5.03 Å². The summed E-state index contributed by atoms with van der Waals surface area (Å²) >= 11 is 1.13. The molecule has 1 heterocycles. The van der Waals surface area contributed by atoms with Crippen molar-refractivity contribution in [2.75, 3.05) is 0 Å². The third-order valence-corrected chi connectivity index (χ3v) is 5.27. The highest BCUT2D eigenvalue weighted by atomic mass is 32.2. The molecule has 0 saturated heterocycles. The average Bonchev–Trinajstić information content (AvgIpc) is 3.09. The Kier molecular flexibility index (Phi) is 5.76. The van der Waals surface area contributed by atoms with Crippen molar-refractivity contribution in [2.45, 2.75) is 21.2 Å². The monoisotopic (exact) mass is 411 g/mol. The minimum Gasteiger partial charge on any atom is -0.476 e. The lowest BCUT2D eigenvalue weighted by Gasteiger charge is -2.07. The number of alkyl halides is 3. The Morgan fingerprint density at radius 2 is 1.63 bits per heavy atom. The highest BCUT2D eigenvalue weighted by Gasteiger charge is 2.29. The third-order valence-electron chi connectivity index (χ3n) is 3.48. The SMILES string of the molecule is O=C(O)c1nn[nH]c1SCc1ccc(-c2ccc(SC(F)(F)F)cc2)cc1. The van der Waals surface area contributed by atoms with Gasteiger partial charge in [-0.05, 0) is 40.6 Å². The van der Waals surface area contributed by atoms with Crippen LogP contribution in [-0.2, 0) is 5.75 Å². The van der Waals surface area contributed by atoms with Crippen molar-refractivity contribution in [3.8, 4) is 11.1 Å². The molecule has 2 aromatic carbocycles. The summed E-state index contributed by atoms with van der Waals surface area (Å²) in [6, 6.07) is 13.7. The van der Waals surface area contributed by atoms with Crippen LogP contribution in [0.15, 0.2) is 58.5 Å². The highest BCUT2D eigenvalue weighted by molar-refractivity contribution is 8.00. The van der Waals surface area contributed by atoms with Crippen molar-refractivity contribution in [2.24, 2.45) is 0 Å². The quantitative estimate of drug-likeness (QED) is 0.551. The van der Waals surface area contributed by atoms with E-state index in [0.717, 1.165) is 16.7 Å². The van der Waals surface area contributed by atoms with Crippen molar-refractivity contribution in [3.63, 3.8) is 0 Å². The Morgan fingerprint density at radius 3 is 2.19 bits per heavy atom. The first kappa shape index (κ1) is 19.3. The van der Waals surface area contributed by atoms with Gasteiger partial charge in [0.15, 0.2) is 0 Å². The molecule has 0 aliphatic carbocycles. The number of rotatable bonds is 6. The van der Waals surface area contributed by atoms with Gasteiger partial charge in [0.25, 0.3) is 0 Å². The van der Waals surface area contributed by atoms with Crippen molar-refractivity contribution >= 4 is 29.5 Å². The summed E-state index contributed by atoms with van der Waals surface area (Å²) in [6.07, 6.45) is 0. The number of aromatic carboxylic acids is 1. The largest absolute Gasteiger partial charge is 0.476 e. The molecule has 0 bridgehead atoms. The van der Waals surface area contributed by atoms with E-state index in [0.29, 0.717) is 10.8 Å². The van der Waals surface area contributed by atoms with Crippen LogP contribution in [0.5, 0.6) is 0 Å². The predicted molar refractivity (Wildman–Crippen MR) is 96.7 cm³/mol. The maximum Gasteiger partial charge on any atom is 0.446 e. The number of thioether (sulfide) groups is 2. The zero-order chi connectivity index (χ0) is 19.4. The molecular formula is C17H12F3N3O2S2. The topological polar surface area (TPSA) is 78.9 Å². The molecule has 0 aliphatic rings. The first-order valence-electron chi connectivity index (χ1n) is 7.54. The second-order valence-electron chi connectivity index (χ2n) is 5.35. The molecular weight excluding hydrogens is 399 g/mol. The van der Waals surface area contributed by atoms with E-state index in [-0.39, 0.29) is 22.4 Å². The number of benzene rings is 2. The molecule has 2 N–H and O–H groups in total. The van der Waals surface area contributed by atoms with Crippen LogP contribution in [0.2, 0.25) is 0 Å². The molecule has 0 amide bonds. The zero-order valence-corrected chi connectivity index (χ0v) is 15.2. The Hall–Kier alpha value is -2.46. The molecule has 0 saturated carbocycles. The first-order valence-corrected chi connectivity index (χ1v) is 9.34. The summed E-state index contributed by atoms with van der Waals surface area (Å²) in [5.41, 5.74) is -1.77. The van der Waals surface area contributed by atoms with Gasteiger partial charge in [-0.3, -0.25) is 5.10 Å². The van der Waals surface area contributed by atoms with Crippen LogP contribution in [0.4, 0.5) is 13.2 Å². The molecule has 3 rings (SSSR count). The fourth-order valence-corrected chi connectivity index (χ4v) is 3.67. The van der Waals surface area contributed by atoms with Gasteiger partial charge in [0.2, 0.25) is 5.69 Å². The second-order valence-corrected chi connectivity index (χ2v) is 7.48. The minimum absolute atomic E-state index is 0.117. The van der Waals surface area contributed by atoms with Gasteiger partial charge in [-0.2, -0.15) is 13.2 Å². The standard InChI is InChI=1S/C17H12F3N3O2S2/c18-17(19,20)27-13-7-5-12(6-8-13)11-3-1-10(2-4-11)9-26-15-14(16(24)25)21-23-22-15/h1-8H,9H2,(H,24,25)(H,21,22,23). The van der Waals surface area contributed by atoms with E-state index in [1.807, 2.05) is 24.3 Å². The molecule has 5 nitrogen and oxygen atoms in total. The van der Waals surface area contributed by atoms with Crippen LogP contribution in [0.3, 0.4) is 0 Å². The average molecular weight is 411 g/mol. The van der Waals surface area contributed by atoms with Gasteiger partial charge in [-0.1, -0.05) is 53.4 Å². The van der Waals surface area contributed by atoms with E-state index >= 15 is 0 Å². The van der Waals surface area contributed by atoms with Crippen molar-refractivity contribution in [1.82, 2.24) is 15.4 Å². The number of carboxylic acid groups (broad SMARTS) is 1. The molecule has 0 atom stereocenters. The summed E-state index contributed by atoms with van der Waals surface area (Å²) in [6.45, 7) is 0. The summed E-state index contributed by atoms with van der Waals surface area (Å²) in [4.78, 5) is 11.1. The molecule has 140 valence electrons. The van der Waals surface area contributed by atoms with E-state index in [1.54, 1.807) is 12.1 Å². The Balaban J connectivity index is 1.65. The number of carbonyl (C=O) groups is 1. The van der Waals surface area contributed by atoms with Crippen LogP contribution in [0.1, 0.15) is 16.1 Å². The maximum absolute atomic E-state index is 12.4. The smallest absolute Gasteiger partial charge is 0.446 e. The lowest BCUT2D eigenvalue weighted by molar-refractivity contribution is -0.0328. The van der Waals surface area contributed by atoms with Gasteiger partial charge < -0.3 is 5.11 Å². The molecule has 3 aromatic rings. The normalized spacial score (nSPS) is 11.5. The van der Waals surface area contributed by atoms with E-state index in [2.05, 4.69) is 15.4 Å². The fraction of sp³-hybridized carbons (Fsp3) is 0.118. The third kappa shape index (κ3) is 5.27. The minimum atomic E-state index is -4.30. The number of hydrogen-bond donors (Lipinski definition) is 2. The summed E-state index contributed by atoms with van der Waals surface area (Å²) < 4.78 is 37.1. The van der Waals surface area contributed by atoms with Gasteiger partial charge in [-0.15, -0.1) is 5.10 Å². The van der Waals surface area contributed by atoms with Gasteiger partial charge in [-0.25, -0.2) is 4.79 Å². The number of aromatic amines is 1. The molecule has 0 fully saturated rings. The number of H-pyrrole nitrogens is 1. The van der Waals surface area contributed by atoms with Gasteiger partial charge in [0.05, 0.1) is 0 Å². The van der Waals surface area contributed by atoms with Crippen LogP contribution in [0.25, 0.3) is 11.1 Å². The number of carboxylic acids is 1. The number of hydrogen-bond acceptors (Lipinski definition) is 5. The van der Waals surface area contributed by atoms with Gasteiger partial charge >= 0.3 is 11.5 Å². The molecule has 10 heteroatoms. The van der Waals surface area contributed by atoms with E-state index in [9.17, 15) is 18.0 Å². The fourth-order valence-electron chi connectivity index (χ4n) is 2.26. The highest BCUT2D eigenvalue weighted by Crippen LogP contribution is 2.37. The van der Waals surface area contributed by atoms with Crippen LogP contribution >= 0.6 is 23.5 Å². The van der Waals surface area contributed by atoms with E-state index in [1.165, 1.54) is 23.9 Å². The predicted octanol–water partition coefficient (Wildman–Crippen LogP) is 5.07. The number of aromatic nitrogens is 3. The van der Waals surface area contributed by atoms with Gasteiger partial charge in [0, 0.05) is 10.6 Å². The summed E-state index contributed by atoms with van der Waals surface area (Å²) in [7, 11) is 0. The Bertz CT molecular complexity index is 926. The Morgan fingerprint density at radius 1 is 1.04 bits per heavy atom. The second kappa shape index (κ2) is 8.05. The maximum atomic E-state index is 12.4. The lowest BCUT2D eigenvalue weighted by atomic mass is 10.0. The molecule has 1 aromatic heterocycles. The molecule has 0 unspecified atom stereocenters. The van der Waals surface area contributed by atoms with Crippen LogP contribution in [-0.4, -0.2) is 32.0 Å². The van der Waals surface area contributed by atoms with Crippen molar-refractivity contribution in [3.05, 3.63) is 59.8 Å². The molecule has 0 radical (unpaired) electrons. The number of halogens is 3. The van der Waals surface area contributed by atoms with Crippen molar-refractivity contribution < 1.29 is 23.1 Å². The van der Waals surface area contributed by atoms with E-state index < -0.39 is 11.5 Å². The molecule has 27 heavy (non-hydrogen) atoms. The molecule has 0 aliphatic heterocycles. The summed E-state index contributed by atoms with van der Waals surface area (Å²) in [5, 5.41) is 18.9. The summed E-state index contributed by atoms with van der Waals surface area (Å²) in [5.74, 6) is -0.625. The first-order chi connectivity index (χ1) is 12.8. The zero-order valence-electron chi connectivity index (χ0n) is 13.5. The van der Waals surface area contributed by atoms with Crippen molar-refractivity contribution in [1.29, 1.82) is 0 Å². The van der Waals surface area contributed by atoms with Crippen LogP contribution in [0, 0.1) is 0 Å². The molecule has 0 spiro atoms. The number of nitrogens with zero attached hydrogens (tertiary/aromatic N) is 2. The van der Waals surface area contributed by atoms with E-state index in [4.69, 9.17) is 5.11 Å². The number of nitrogens with one attached hydrogen (secondary N) is 1. The Labute approximate surface area is 160 Å².